The van der Waals surface area contributed by atoms with E-state index in [-0.39, 0.29) is 37.9 Å². The van der Waals surface area contributed by atoms with Crippen LogP contribution in [0.2, 0.25) is 5.02 Å². The van der Waals surface area contributed by atoms with Gasteiger partial charge in [0.15, 0.2) is 0 Å². The van der Waals surface area contributed by atoms with Gasteiger partial charge in [-0.25, -0.2) is 4.79 Å². The number of urea groups is 1. The van der Waals surface area contributed by atoms with E-state index in [0.29, 0.717) is 17.2 Å². The topological polar surface area (TPSA) is 61.4 Å². The molecule has 2 atom stereocenters. The largest absolute Gasteiger partial charge is 0.416 e. The van der Waals surface area contributed by atoms with Gasteiger partial charge in [0.1, 0.15) is 0 Å². The Kier molecular flexibility index (Phi) is 8.60. The minimum Gasteiger partial charge on any atom is -0.335 e. The lowest BCUT2D eigenvalue weighted by atomic mass is 9.91. The zero-order valence-corrected chi connectivity index (χ0v) is 21.7. The average Bonchev–Trinajstić information content (AvgIpc) is 2.77. The predicted octanol–water partition coefficient (Wildman–Crippen LogP) is 6.69. The summed E-state index contributed by atoms with van der Waals surface area (Å²) < 4.78 is 80.3. The Hall–Kier alpha value is -2.95. The second kappa shape index (κ2) is 11.0. The van der Waals surface area contributed by atoms with Gasteiger partial charge in [-0.05, 0) is 75.9 Å². The molecule has 2 aromatic carbocycles. The fourth-order valence-electron chi connectivity index (χ4n) is 4.34. The Morgan fingerprint density at radius 3 is 2.00 bits per heavy atom. The van der Waals surface area contributed by atoms with Gasteiger partial charge in [-0.15, -0.1) is 0 Å². The van der Waals surface area contributed by atoms with E-state index >= 15 is 0 Å². The van der Waals surface area contributed by atoms with Gasteiger partial charge in [-0.3, -0.25) is 4.79 Å². The zero-order valence-electron chi connectivity index (χ0n) is 20.9. The Morgan fingerprint density at radius 1 is 0.947 bits per heavy atom. The van der Waals surface area contributed by atoms with Crippen molar-refractivity contribution < 1.29 is 35.9 Å². The van der Waals surface area contributed by atoms with Gasteiger partial charge in [-0.2, -0.15) is 26.3 Å². The molecule has 12 heteroatoms. The number of amides is 3. The minimum atomic E-state index is -5.07. The fourth-order valence-corrected chi connectivity index (χ4v) is 4.47. The maximum Gasteiger partial charge on any atom is 0.416 e. The van der Waals surface area contributed by atoms with E-state index in [4.69, 9.17) is 11.6 Å². The SMILES string of the molecule is CC(C)(C)NC(=O)NC1CCN(C(=O)c2cc(C(F)(F)F)cc(C(F)(F)F)c2)C(Cc2ccc(Cl)cc2)C1. The molecule has 1 aliphatic heterocycles. The minimum absolute atomic E-state index is 0.00797. The third-order valence-electron chi connectivity index (χ3n) is 6.02. The summed E-state index contributed by atoms with van der Waals surface area (Å²) in [6.45, 7) is 5.44. The van der Waals surface area contributed by atoms with Crippen LogP contribution in [0.15, 0.2) is 42.5 Å². The van der Waals surface area contributed by atoms with Gasteiger partial charge in [0, 0.05) is 34.8 Å². The van der Waals surface area contributed by atoms with Crippen molar-refractivity contribution >= 4 is 23.5 Å². The standard InChI is InChI=1S/C26H28ClF6N3O2/c1-24(2,3)35-23(38)34-20-8-9-36(21(14-20)10-15-4-6-19(27)7-5-15)22(37)16-11-17(25(28,29)30)13-18(12-16)26(31,32)33/h4-7,11-13,20-21H,8-10,14H2,1-3H3,(H2,34,35,38). The quantitative estimate of drug-likeness (QED) is 0.407. The molecule has 2 aromatic rings. The Bertz CT molecular complexity index is 1130. The average molecular weight is 564 g/mol. The van der Waals surface area contributed by atoms with Crippen LogP contribution in [0.25, 0.3) is 0 Å². The molecule has 3 amide bonds. The Morgan fingerprint density at radius 2 is 1.50 bits per heavy atom. The molecule has 0 spiro atoms. The number of nitrogens with zero attached hydrogens (tertiary/aromatic N) is 1. The summed E-state index contributed by atoms with van der Waals surface area (Å²) >= 11 is 5.95. The number of rotatable bonds is 4. The summed E-state index contributed by atoms with van der Waals surface area (Å²) in [6, 6.07) is 6.21. The summed E-state index contributed by atoms with van der Waals surface area (Å²) in [7, 11) is 0. The molecular formula is C26H28ClF6N3O2. The Labute approximate surface area is 221 Å². The van der Waals surface area contributed by atoms with E-state index in [1.165, 1.54) is 4.90 Å². The second-order valence-corrected chi connectivity index (χ2v) is 10.8. The van der Waals surface area contributed by atoms with Crippen LogP contribution in [0.5, 0.6) is 0 Å². The maximum absolute atomic E-state index is 13.4. The molecule has 0 aromatic heterocycles. The summed E-state index contributed by atoms with van der Waals surface area (Å²) in [5, 5.41) is 6.11. The highest BCUT2D eigenvalue weighted by Gasteiger charge is 2.39. The van der Waals surface area contributed by atoms with Crippen molar-refractivity contribution in [2.75, 3.05) is 6.54 Å². The van der Waals surface area contributed by atoms with E-state index in [2.05, 4.69) is 10.6 Å². The van der Waals surface area contributed by atoms with Crippen LogP contribution in [0.4, 0.5) is 31.1 Å². The van der Waals surface area contributed by atoms with Gasteiger partial charge < -0.3 is 15.5 Å². The molecule has 38 heavy (non-hydrogen) atoms. The lowest BCUT2D eigenvalue weighted by Gasteiger charge is -2.40. The van der Waals surface area contributed by atoms with Crippen LogP contribution in [0.3, 0.4) is 0 Å². The van der Waals surface area contributed by atoms with Crippen LogP contribution in [0, 0.1) is 0 Å². The van der Waals surface area contributed by atoms with E-state index in [1.54, 1.807) is 24.3 Å². The van der Waals surface area contributed by atoms with Crippen molar-refractivity contribution in [1.29, 1.82) is 0 Å². The number of hydrogen-bond acceptors (Lipinski definition) is 2. The van der Waals surface area contributed by atoms with Crippen LogP contribution in [-0.2, 0) is 18.8 Å². The number of nitrogens with one attached hydrogen (secondary N) is 2. The molecule has 1 heterocycles. The normalized spacial score (nSPS) is 18.7. The monoisotopic (exact) mass is 563 g/mol. The van der Waals surface area contributed by atoms with Crippen molar-refractivity contribution in [2.24, 2.45) is 0 Å². The molecule has 1 aliphatic rings. The number of halogens is 7. The lowest BCUT2D eigenvalue weighted by molar-refractivity contribution is -0.143. The number of carbonyl (C=O) groups is 2. The van der Waals surface area contributed by atoms with Gasteiger partial charge in [0.25, 0.3) is 5.91 Å². The Balaban J connectivity index is 1.92. The van der Waals surface area contributed by atoms with Crippen LogP contribution in [0.1, 0.15) is 60.7 Å². The lowest BCUT2D eigenvalue weighted by Crippen LogP contribution is -2.55. The molecule has 0 radical (unpaired) electrons. The highest BCUT2D eigenvalue weighted by Crippen LogP contribution is 2.37. The third-order valence-corrected chi connectivity index (χ3v) is 6.27. The molecule has 3 rings (SSSR count). The summed E-state index contributed by atoms with van der Waals surface area (Å²) in [6.07, 6.45) is -9.37. The van der Waals surface area contributed by atoms with Crippen LogP contribution < -0.4 is 10.6 Å². The fraction of sp³-hybridized carbons (Fsp3) is 0.462. The van der Waals surface area contributed by atoms with Crippen molar-refractivity contribution in [3.05, 3.63) is 69.7 Å². The van der Waals surface area contributed by atoms with Gasteiger partial charge in [-0.1, -0.05) is 23.7 Å². The predicted molar refractivity (Wildman–Crippen MR) is 131 cm³/mol. The molecule has 1 fully saturated rings. The van der Waals surface area contributed by atoms with Crippen molar-refractivity contribution in [2.45, 2.75) is 70.0 Å². The van der Waals surface area contributed by atoms with E-state index < -0.39 is 52.6 Å². The molecule has 2 N–H and O–H groups in total. The highest BCUT2D eigenvalue weighted by molar-refractivity contribution is 6.30. The van der Waals surface area contributed by atoms with Gasteiger partial charge >= 0.3 is 18.4 Å². The number of alkyl halides is 6. The zero-order chi connectivity index (χ0) is 28.5. The molecular weight excluding hydrogens is 536 g/mol. The first-order chi connectivity index (χ1) is 17.4. The van der Waals surface area contributed by atoms with Crippen molar-refractivity contribution in [3.8, 4) is 0 Å². The van der Waals surface area contributed by atoms with Crippen molar-refractivity contribution in [1.82, 2.24) is 15.5 Å². The molecule has 5 nitrogen and oxygen atoms in total. The number of piperidine rings is 1. The summed E-state index contributed by atoms with van der Waals surface area (Å²) in [4.78, 5) is 27.1. The number of benzene rings is 2. The van der Waals surface area contributed by atoms with Crippen molar-refractivity contribution in [3.63, 3.8) is 0 Å². The maximum atomic E-state index is 13.4. The summed E-state index contributed by atoms with van der Waals surface area (Å²) in [5.74, 6) is -0.946. The van der Waals surface area contributed by atoms with Crippen LogP contribution >= 0.6 is 11.6 Å². The first-order valence-corrected chi connectivity index (χ1v) is 12.2. The second-order valence-electron chi connectivity index (χ2n) is 10.3. The van der Waals surface area contributed by atoms with E-state index in [0.717, 1.165) is 5.56 Å². The first-order valence-electron chi connectivity index (χ1n) is 11.9. The molecule has 0 aliphatic carbocycles. The molecule has 0 saturated carbocycles. The number of hydrogen-bond donors (Lipinski definition) is 2. The summed E-state index contributed by atoms with van der Waals surface area (Å²) in [5.41, 5.74) is -3.55. The van der Waals surface area contributed by atoms with E-state index in [1.807, 2.05) is 20.8 Å². The number of likely N-dealkylation sites (tertiary alicyclic amines) is 1. The highest BCUT2D eigenvalue weighted by atomic mass is 35.5. The first kappa shape index (κ1) is 29.6. The van der Waals surface area contributed by atoms with Crippen LogP contribution in [-0.4, -0.2) is 41.0 Å². The van der Waals surface area contributed by atoms with E-state index in [9.17, 15) is 35.9 Å². The molecule has 2 unspecified atom stereocenters. The van der Waals surface area contributed by atoms with Gasteiger partial charge in [0.2, 0.25) is 0 Å². The van der Waals surface area contributed by atoms with Gasteiger partial charge in [0.05, 0.1) is 11.1 Å². The number of carbonyl (C=O) groups excluding carboxylic acids is 2. The third kappa shape index (κ3) is 8.02. The molecule has 208 valence electrons. The molecule has 0 bridgehead atoms. The smallest absolute Gasteiger partial charge is 0.335 e. The molecule has 1 saturated heterocycles.